The third kappa shape index (κ3) is 6.57. The van der Waals surface area contributed by atoms with E-state index in [1.807, 2.05) is 13.8 Å². The number of anilines is 1. The molecule has 1 aromatic carbocycles. The number of rotatable bonds is 7. The zero-order chi connectivity index (χ0) is 18.3. The van der Waals surface area contributed by atoms with E-state index in [0.717, 1.165) is 6.42 Å². The van der Waals surface area contributed by atoms with Gasteiger partial charge in [-0.25, -0.2) is 0 Å². The fourth-order valence-electron chi connectivity index (χ4n) is 1.72. The summed E-state index contributed by atoms with van der Waals surface area (Å²) in [6.45, 7) is 3.45. The first-order valence-electron chi connectivity index (χ1n) is 7.53. The van der Waals surface area contributed by atoms with Gasteiger partial charge < -0.3 is 15.4 Å². The quantitative estimate of drug-likeness (QED) is 0.797. The second-order valence-electron chi connectivity index (χ2n) is 5.39. The van der Waals surface area contributed by atoms with Crippen molar-refractivity contribution in [1.29, 1.82) is 0 Å². The van der Waals surface area contributed by atoms with Crippen molar-refractivity contribution in [1.82, 2.24) is 5.32 Å². The molecule has 24 heavy (non-hydrogen) atoms. The number of nitrogens with one attached hydrogen (secondary N) is 2. The second-order valence-corrected chi connectivity index (χ2v) is 5.39. The van der Waals surface area contributed by atoms with Crippen LogP contribution in [-0.2, 0) is 9.53 Å². The number of hydrogen-bond acceptors (Lipinski definition) is 3. The first kappa shape index (κ1) is 20.0. The molecule has 0 radical (unpaired) electrons. The Bertz CT molecular complexity index is 576. The lowest BCUT2D eigenvalue weighted by atomic mass is 10.1. The normalized spacial score (nSPS) is 13.9. The van der Waals surface area contributed by atoms with Crippen molar-refractivity contribution in [3.8, 4) is 0 Å². The molecule has 0 bridgehead atoms. The highest BCUT2D eigenvalue weighted by atomic mass is 19.4. The molecular formula is C16H21F3N2O3. The topological polar surface area (TPSA) is 67.4 Å². The van der Waals surface area contributed by atoms with Crippen LogP contribution < -0.4 is 10.6 Å². The summed E-state index contributed by atoms with van der Waals surface area (Å²) < 4.78 is 40.8. The van der Waals surface area contributed by atoms with Crippen molar-refractivity contribution in [2.24, 2.45) is 0 Å². The number of carbonyl (C=O) groups is 2. The van der Waals surface area contributed by atoms with E-state index in [2.05, 4.69) is 15.4 Å². The molecule has 0 fully saturated rings. The monoisotopic (exact) mass is 346 g/mol. The van der Waals surface area contributed by atoms with Crippen LogP contribution in [-0.4, -0.2) is 36.7 Å². The first-order valence-corrected chi connectivity index (χ1v) is 7.53. The van der Waals surface area contributed by atoms with Crippen LogP contribution in [0, 0.1) is 0 Å². The molecule has 2 N–H and O–H groups in total. The van der Waals surface area contributed by atoms with Gasteiger partial charge in [0, 0.05) is 6.04 Å². The van der Waals surface area contributed by atoms with Crippen molar-refractivity contribution in [2.75, 3.05) is 11.9 Å². The molecule has 2 atom stereocenters. The van der Waals surface area contributed by atoms with Crippen LogP contribution in [0.15, 0.2) is 24.3 Å². The van der Waals surface area contributed by atoms with Crippen molar-refractivity contribution < 1.29 is 27.5 Å². The van der Waals surface area contributed by atoms with Gasteiger partial charge in [0.25, 0.3) is 11.8 Å². The molecule has 0 aromatic heterocycles. The largest absolute Gasteiger partial charge is 0.411 e. The highest BCUT2D eigenvalue weighted by molar-refractivity contribution is 6.04. The van der Waals surface area contributed by atoms with Gasteiger partial charge in [-0.2, -0.15) is 13.2 Å². The number of amides is 2. The summed E-state index contributed by atoms with van der Waals surface area (Å²) in [7, 11) is 0. The molecule has 0 heterocycles. The van der Waals surface area contributed by atoms with Crippen LogP contribution >= 0.6 is 0 Å². The fourth-order valence-corrected chi connectivity index (χ4v) is 1.72. The van der Waals surface area contributed by atoms with Gasteiger partial charge in [0.1, 0.15) is 12.7 Å². The molecule has 0 spiro atoms. The van der Waals surface area contributed by atoms with Gasteiger partial charge in [-0.1, -0.05) is 19.1 Å². The van der Waals surface area contributed by atoms with Gasteiger partial charge in [-0.3, -0.25) is 9.59 Å². The van der Waals surface area contributed by atoms with Crippen molar-refractivity contribution in [3.63, 3.8) is 0 Å². The number of hydrogen-bond donors (Lipinski definition) is 2. The Hall–Kier alpha value is -2.09. The van der Waals surface area contributed by atoms with Crippen LogP contribution in [0.2, 0.25) is 0 Å². The van der Waals surface area contributed by atoms with Crippen molar-refractivity contribution >= 4 is 17.5 Å². The van der Waals surface area contributed by atoms with E-state index in [-0.39, 0.29) is 23.2 Å². The Morgan fingerprint density at radius 1 is 1.21 bits per heavy atom. The molecule has 0 aliphatic carbocycles. The van der Waals surface area contributed by atoms with E-state index in [0.29, 0.717) is 0 Å². The van der Waals surface area contributed by atoms with Crippen LogP contribution in [0.3, 0.4) is 0 Å². The maximum absolute atomic E-state index is 12.2. The first-order chi connectivity index (χ1) is 11.1. The smallest absolute Gasteiger partial charge is 0.359 e. The van der Waals surface area contributed by atoms with Gasteiger partial charge in [0.05, 0.1) is 11.3 Å². The number of alkyl halides is 3. The van der Waals surface area contributed by atoms with Gasteiger partial charge in [-0.15, -0.1) is 0 Å². The van der Waals surface area contributed by atoms with Crippen LogP contribution in [0.1, 0.15) is 37.6 Å². The molecular weight excluding hydrogens is 325 g/mol. The maximum atomic E-state index is 12.2. The van der Waals surface area contributed by atoms with E-state index in [1.165, 1.54) is 19.1 Å². The molecule has 134 valence electrons. The van der Waals surface area contributed by atoms with E-state index in [1.54, 1.807) is 12.1 Å². The molecule has 0 aliphatic rings. The highest BCUT2D eigenvalue weighted by Gasteiger charge is 2.30. The Balaban J connectivity index is 2.77. The Morgan fingerprint density at radius 2 is 1.83 bits per heavy atom. The molecule has 2 unspecified atom stereocenters. The molecule has 2 amide bonds. The zero-order valence-electron chi connectivity index (χ0n) is 13.7. The number of para-hydroxylation sites is 1. The molecule has 8 heteroatoms. The van der Waals surface area contributed by atoms with E-state index >= 15 is 0 Å². The Kier molecular flexibility index (Phi) is 7.21. The van der Waals surface area contributed by atoms with E-state index in [9.17, 15) is 22.8 Å². The zero-order valence-corrected chi connectivity index (χ0v) is 13.7. The minimum absolute atomic E-state index is 0.0460. The summed E-state index contributed by atoms with van der Waals surface area (Å²) in [6, 6.07) is 6.21. The summed E-state index contributed by atoms with van der Waals surface area (Å²) in [6.07, 6.45) is -5.08. The summed E-state index contributed by atoms with van der Waals surface area (Å²) in [4.78, 5) is 24.1. The lowest BCUT2D eigenvalue weighted by molar-refractivity contribution is -0.184. The standard InChI is InChI=1S/C16H21F3N2O3/c1-4-10(2)20-15(23)12-7-5-6-8-13(12)21-14(22)11(3)24-9-16(17,18)19/h5-8,10-11H,4,9H2,1-3H3,(H,20,23)(H,21,22). The minimum Gasteiger partial charge on any atom is -0.359 e. The number of benzene rings is 1. The van der Waals surface area contributed by atoms with E-state index in [4.69, 9.17) is 0 Å². The van der Waals surface area contributed by atoms with Crippen molar-refractivity contribution in [3.05, 3.63) is 29.8 Å². The summed E-state index contributed by atoms with van der Waals surface area (Å²) in [5.41, 5.74) is 0.444. The third-order valence-electron chi connectivity index (χ3n) is 3.29. The number of carbonyl (C=O) groups excluding carboxylic acids is 2. The predicted octanol–water partition coefficient (Wildman–Crippen LogP) is 3.12. The van der Waals surface area contributed by atoms with Crippen LogP contribution in [0.5, 0.6) is 0 Å². The predicted molar refractivity (Wildman–Crippen MR) is 83.8 cm³/mol. The minimum atomic E-state index is -4.51. The van der Waals surface area contributed by atoms with Gasteiger partial charge in [-0.05, 0) is 32.4 Å². The Morgan fingerprint density at radius 3 is 2.42 bits per heavy atom. The van der Waals surface area contributed by atoms with Crippen LogP contribution in [0.4, 0.5) is 18.9 Å². The van der Waals surface area contributed by atoms with Gasteiger partial charge >= 0.3 is 6.18 Å². The summed E-state index contributed by atoms with van der Waals surface area (Å²) >= 11 is 0. The third-order valence-corrected chi connectivity index (χ3v) is 3.29. The Labute approximate surface area is 138 Å². The second kappa shape index (κ2) is 8.68. The van der Waals surface area contributed by atoms with Gasteiger partial charge in [0.15, 0.2) is 0 Å². The lowest BCUT2D eigenvalue weighted by Crippen LogP contribution is -2.34. The molecule has 0 aliphatic heterocycles. The average molecular weight is 346 g/mol. The van der Waals surface area contributed by atoms with E-state index < -0.39 is 24.8 Å². The summed E-state index contributed by atoms with van der Waals surface area (Å²) in [5, 5.41) is 5.19. The molecule has 5 nitrogen and oxygen atoms in total. The molecule has 1 aromatic rings. The lowest BCUT2D eigenvalue weighted by Gasteiger charge is -2.17. The summed E-state index contributed by atoms with van der Waals surface area (Å²) in [5.74, 6) is -1.13. The average Bonchev–Trinajstić information content (AvgIpc) is 2.52. The highest BCUT2D eigenvalue weighted by Crippen LogP contribution is 2.18. The molecule has 0 saturated carbocycles. The molecule has 0 saturated heterocycles. The van der Waals surface area contributed by atoms with Crippen LogP contribution in [0.25, 0.3) is 0 Å². The van der Waals surface area contributed by atoms with Gasteiger partial charge in [0.2, 0.25) is 0 Å². The number of ether oxygens (including phenoxy) is 1. The fraction of sp³-hybridized carbons (Fsp3) is 0.500. The SMILES string of the molecule is CCC(C)NC(=O)c1ccccc1NC(=O)C(C)OCC(F)(F)F. The molecule has 1 rings (SSSR count). The number of halogens is 3. The maximum Gasteiger partial charge on any atom is 0.411 e. The van der Waals surface area contributed by atoms with Crippen molar-refractivity contribution in [2.45, 2.75) is 45.5 Å².